The van der Waals surface area contributed by atoms with Crippen LogP contribution in [0.4, 0.5) is 0 Å². The molecule has 0 radical (unpaired) electrons. The number of aromatic nitrogens is 1. The molecule has 1 aliphatic rings. The van der Waals surface area contributed by atoms with Gasteiger partial charge in [0.1, 0.15) is 0 Å². The maximum absolute atomic E-state index is 4.55. The molecule has 2 rings (SSSR count). The Kier molecular flexibility index (Phi) is 4.86. The van der Waals surface area contributed by atoms with Gasteiger partial charge in [-0.15, -0.1) is 0 Å². The summed E-state index contributed by atoms with van der Waals surface area (Å²) in [7, 11) is 0. The third-order valence-electron chi connectivity index (χ3n) is 3.54. The van der Waals surface area contributed by atoms with Crippen LogP contribution in [0.3, 0.4) is 0 Å². The minimum atomic E-state index is 0.481. The lowest BCUT2D eigenvalue weighted by Gasteiger charge is -2.25. The van der Waals surface area contributed by atoms with Crippen LogP contribution in [-0.2, 0) is 6.42 Å². The second-order valence-electron chi connectivity index (χ2n) is 4.78. The van der Waals surface area contributed by atoms with E-state index >= 15 is 0 Å². The maximum atomic E-state index is 4.55. The number of fused-ring (bicyclic) bond motifs is 1. The molecule has 0 aromatic carbocycles. The zero-order chi connectivity index (χ0) is 12.1. The minimum absolute atomic E-state index is 0.481. The van der Waals surface area contributed by atoms with Crippen LogP contribution in [0.25, 0.3) is 0 Å². The molecule has 17 heavy (non-hydrogen) atoms. The smallest absolute Gasteiger partial charge is 0.0605 e. The summed E-state index contributed by atoms with van der Waals surface area (Å²) in [5.74, 6) is 0. The predicted molar refractivity (Wildman–Crippen MR) is 75.5 cm³/mol. The fourth-order valence-electron chi connectivity index (χ4n) is 2.39. The summed E-state index contributed by atoms with van der Waals surface area (Å²) in [4.78, 5) is 4.55. The zero-order valence-corrected chi connectivity index (χ0v) is 11.6. The highest BCUT2D eigenvalue weighted by Gasteiger charge is 2.20. The highest BCUT2D eigenvalue weighted by atomic mass is 32.2. The average molecular weight is 250 g/mol. The second-order valence-corrected chi connectivity index (χ2v) is 6.06. The minimum Gasteiger partial charge on any atom is -0.309 e. The molecule has 1 aromatic rings. The van der Waals surface area contributed by atoms with Crippen LogP contribution in [0.1, 0.15) is 43.5 Å². The van der Waals surface area contributed by atoms with E-state index in [2.05, 4.69) is 35.6 Å². The highest BCUT2D eigenvalue weighted by Crippen LogP contribution is 2.27. The van der Waals surface area contributed by atoms with E-state index in [-0.39, 0.29) is 0 Å². The summed E-state index contributed by atoms with van der Waals surface area (Å²) in [5, 5.41) is 4.41. The monoisotopic (exact) mass is 250 g/mol. The SMILES string of the molecule is CSC(C)CCNC1CCCc2cccnc21. The molecule has 0 amide bonds. The Hall–Kier alpha value is -0.540. The van der Waals surface area contributed by atoms with Crippen LogP contribution in [0, 0.1) is 0 Å². The van der Waals surface area contributed by atoms with Gasteiger partial charge in [0.25, 0.3) is 0 Å². The van der Waals surface area contributed by atoms with E-state index in [0.29, 0.717) is 6.04 Å². The Morgan fingerprint density at radius 1 is 1.59 bits per heavy atom. The largest absolute Gasteiger partial charge is 0.309 e. The van der Waals surface area contributed by atoms with E-state index in [1.54, 1.807) is 0 Å². The lowest BCUT2D eigenvalue weighted by molar-refractivity contribution is 0.445. The first-order valence-corrected chi connectivity index (χ1v) is 7.80. The van der Waals surface area contributed by atoms with Gasteiger partial charge >= 0.3 is 0 Å². The lowest BCUT2D eigenvalue weighted by Crippen LogP contribution is -2.28. The Labute approximate surface area is 109 Å². The van der Waals surface area contributed by atoms with Gasteiger partial charge in [-0.3, -0.25) is 4.98 Å². The number of aryl methyl sites for hydroxylation is 1. The molecule has 0 spiro atoms. The number of nitrogens with one attached hydrogen (secondary N) is 1. The van der Waals surface area contributed by atoms with Crippen molar-refractivity contribution in [1.82, 2.24) is 10.3 Å². The van der Waals surface area contributed by atoms with Crippen LogP contribution in [0.5, 0.6) is 0 Å². The molecule has 1 heterocycles. The van der Waals surface area contributed by atoms with Gasteiger partial charge in [-0.2, -0.15) is 11.8 Å². The van der Waals surface area contributed by atoms with Crippen molar-refractivity contribution < 1.29 is 0 Å². The Morgan fingerprint density at radius 2 is 2.47 bits per heavy atom. The lowest BCUT2D eigenvalue weighted by atomic mass is 9.92. The molecular weight excluding hydrogens is 228 g/mol. The van der Waals surface area contributed by atoms with Gasteiger partial charge in [0.15, 0.2) is 0 Å². The van der Waals surface area contributed by atoms with Gasteiger partial charge in [-0.25, -0.2) is 0 Å². The number of rotatable bonds is 5. The summed E-state index contributed by atoms with van der Waals surface area (Å²) in [5.41, 5.74) is 2.73. The Balaban J connectivity index is 1.90. The fourth-order valence-corrected chi connectivity index (χ4v) is 2.74. The van der Waals surface area contributed by atoms with E-state index < -0.39 is 0 Å². The zero-order valence-electron chi connectivity index (χ0n) is 10.8. The second kappa shape index (κ2) is 6.41. The van der Waals surface area contributed by atoms with E-state index in [4.69, 9.17) is 0 Å². The third kappa shape index (κ3) is 3.46. The van der Waals surface area contributed by atoms with E-state index in [1.807, 2.05) is 18.0 Å². The van der Waals surface area contributed by atoms with Crippen LogP contribution >= 0.6 is 11.8 Å². The average Bonchev–Trinajstić information content (AvgIpc) is 2.39. The van der Waals surface area contributed by atoms with Crippen molar-refractivity contribution in [3.8, 4) is 0 Å². The number of hydrogen-bond donors (Lipinski definition) is 1. The van der Waals surface area contributed by atoms with Crippen molar-refractivity contribution in [2.24, 2.45) is 0 Å². The van der Waals surface area contributed by atoms with Gasteiger partial charge in [0.2, 0.25) is 0 Å². The quantitative estimate of drug-likeness (QED) is 0.868. The molecule has 3 heteroatoms. The molecule has 94 valence electrons. The van der Waals surface area contributed by atoms with Crippen molar-refractivity contribution in [1.29, 1.82) is 0 Å². The standard InChI is InChI=1S/C14H22N2S/c1-11(17-2)8-10-15-13-7-3-5-12-6-4-9-16-14(12)13/h4,6,9,11,13,15H,3,5,7-8,10H2,1-2H3. The van der Waals surface area contributed by atoms with Crippen LogP contribution in [-0.4, -0.2) is 23.0 Å². The van der Waals surface area contributed by atoms with Crippen molar-refractivity contribution in [2.45, 2.75) is 43.9 Å². The maximum Gasteiger partial charge on any atom is 0.0605 e. The predicted octanol–water partition coefficient (Wildman–Crippen LogP) is 3.19. The van der Waals surface area contributed by atoms with Crippen molar-refractivity contribution >= 4 is 11.8 Å². The molecule has 0 saturated carbocycles. The van der Waals surface area contributed by atoms with Crippen LogP contribution < -0.4 is 5.32 Å². The summed E-state index contributed by atoms with van der Waals surface area (Å²) in [6.45, 7) is 3.39. The third-order valence-corrected chi connectivity index (χ3v) is 4.58. The fraction of sp³-hybridized carbons (Fsp3) is 0.643. The van der Waals surface area contributed by atoms with Crippen LogP contribution in [0.2, 0.25) is 0 Å². The molecule has 0 bridgehead atoms. The van der Waals surface area contributed by atoms with Crippen molar-refractivity contribution in [3.63, 3.8) is 0 Å². The van der Waals surface area contributed by atoms with E-state index in [9.17, 15) is 0 Å². The van der Waals surface area contributed by atoms with Crippen molar-refractivity contribution in [2.75, 3.05) is 12.8 Å². The Morgan fingerprint density at radius 3 is 3.29 bits per heavy atom. The van der Waals surface area contributed by atoms with Gasteiger partial charge in [0.05, 0.1) is 5.69 Å². The molecule has 0 saturated heterocycles. The Bertz CT molecular complexity index is 354. The topological polar surface area (TPSA) is 24.9 Å². The summed E-state index contributed by atoms with van der Waals surface area (Å²) in [6.07, 6.45) is 9.06. The van der Waals surface area contributed by atoms with Gasteiger partial charge in [0, 0.05) is 17.5 Å². The summed E-state index contributed by atoms with van der Waals surface area (Å²) >= 11 is 1.94. The molecular formula is C14H22N2S. The molecule has 1 aliphatic carbocycles. The molecule has 2 unspecified atom stereocenters. The number of pyridine rings is 1. The molecule has 1 aromatic heterocycles. The van der Waals surface area contributed by atoms with E-state index in [1.165, 1.54) is 36.9 Å². The van der Waals surface area contributed by atoms with Crippen molar-refractivity contribution in [3.05, 3.63) is 29.6 Å². The first-order valence-electron chi connectivity index (χ1n) is 6.51. The first-order chi connectivity index (χ1) is 8.31. The normalized spacial score (nSPS) is 20.9. The molecule has 1 N–H and O–H groups in total. The highest BCUT2D eigenvalue weighted by molar-refractivity contribution is 7.99. The van der Waals surface area contributed by atoms with Crippen LogP contribution in [0.15, 0.2) is 18.3 Å². The molecule has 2 atom stereocenters. The van der Waals surface area contributed by atoms with Gasteiger partial charge in [-0.05, 0) is 50.1 Å². The molecule has 0 aliphatic heterocycles. The molecule has 0 fully saturated rings. The first kappa shape index (κ1) is 12.9. The molecule has 2 nitrogen and oxygen atoms in total. The number of thioether (sulfide) groups is 1. The summed E-state index contributed by atoms with van der Waals surface area (Å²) in [6, 6.07) is 4.76. The van der Waals surface area contributed by atoms with Gasteiger partial charge < -0.3 is 5.32 Å². The number of nitrogens with zero attached hydrogens (tertiary/aromatic N) is 1. The van der Waals surface area contributed by atoms with Gasteiger partial charge in [-0.1, -0.05) is 13.0 Å². The number of hydrogen-bond acceptors (Lipinski definition) is 3. The van der Waals surface area contributed by atoms with E-state index in [0.717, 1.165) is 11.8 Å². The summed E-state index contributed by atoms with van der Waals surface area (Å²) < 4.78 is 0.